The lowest BCUT2D eigenvalue weighted by Crippen LogP contribution is -2.38. The van der Waals surface area contributed by atoms with Crippen LogP contribution in [0.25, 0.3) is 10.9 Å². The number of rotatable bonds is 7. The minimum Gasteiger partial charge on any atom is -0.497 e. The number of aromatic nitrogens is 1. The van der Waals surface area contributed by atoms with E-state index in [0.29, 0.717) is 55.2 Å². The van der Waals surface area contributed by atoms with Gasteiger partial charge in [0, 0.05) is 30.2 Å². The van der Waals surface area contributed by atoms with Crippen molar-refractivity contribution in [1.29, 1.82) is 0 Å². The molecule has 7 heteroatoms. The highest BCUT2D eigenvalue weighted by Crippen LogP contribution is 2.36. The Kier molecular flexibility index (Phi) is 6.77. The fourth-order valence-corrected chi connectivity index (χ4v) is 4.29. The molecule has 0 atom stereocenters. The van der Waals surface area contributed by atoms with E-state index in [1.54, 1.807) is 44.7 Å². The number of pyridine rings is 1. The van der Waals surface area contributed by atoms with Gasteiger partial charge in [-0.25, -0.2) is 0 Å². The van der Waals surface area contributed by atoms with Crippen LogP contribution in [0.1, 0.15) is 35.7 Å². The number of hydrogen-bond donors (Lipinski definition) is 0. The summed E-state index contributed by atoms with van der Waals surface area (Å²) in [6, 6.07) is 12.7. The van der Waals surface area contributed by atoms with Gasteiger partial charge >= 0.3 is 5.97 Å². The number of nitrogens with zero attached hydrogens (tertiary/aromatic N) is 2. The first kappa shape index (κ1) is 22.6. The minimum absolute atomic E-state index is 0.114. The van der Waals surface area contributed by atoms with Gasteiger partial charge in [-0.2, -0.15) is 0 Å². The van der Waals surface area contributed by atoms with Crippen molar-refractivity contribution in [2.75, 3.05) is 38.8 Å². The molecule has 1 fully saturated rings. The molecular formula is C26H28N2O5. The summed E-state index contributed by atoms with van der Waals surface area (Å²) in [5.41, 5.74) is 2.68. The van der Waals surface area contributed by atoms with E-state index in [4.69, 9.17) is 14.2 Å². The quantitative estimate of drug-likeness (QED) is 0.395. The lowest BCUT2D eigenvalue weighted by atomic mass is 9.94. The van der Waals surface area contributed by atoms with Crippen molar-refractivity contribution >= 4 is 28.3 Å². The molecule has 3 aromatic rings. The monoisotopic (exact) mass is 448 g/mol. The second-order valence-electron chi connectivity index (χ2n) is 7.97. The number of carbonyl (C=O) groups excluding carboxylic acids is 2. The Morgan fingerprint density at radius 1 is 1.00 bits per heavy atom. The summed E-state index contributed by atoms with van der Waals surface area (Å²) in [4.78, 5) is 32.5. The number of piperidine rings is 1. The molecule has 2 aromatic carbocycles. The normalized spacial score (nSPS) is 14.2. The molecule has 1 saturated heterocycles. The van der Waals surface area contributed by atoms with Crippen molar-refractivity contribution in [3.05, 3.63) is 59.8 Å². The number of benzene rings is 2. The molecule has 0 N–H and O–H groups in total. The zero-order valence-electron chi connectivity index (χ0n) is 19.2. The van der Waals surface area contributed by atoms with Crippen LogP contribution >= 0.6 is 0 Å². The first-order valence-electron chi connectivity index (χ1n) is 11.1. The molecular weight excluding hydrogens is 420 g/mol. The molecule has 1 aliphatic heterocycles. The molecule has 1 aromatic heterocycles. The van der Waals surface area contributed by atoms with E-state index in [1.807, 2.05) is 25.1 Å². The van der Waals surface area contributed by atoms with Gasteiger partial charge in [-0.1, -0.05) is 0 Å². The maximum absolute atomic E-state index is 13.6. The van der Waals surface area contributed by atoms with Crippen LogP contribution in [0.15, 0.2) is 48.7 Å². The van der Waals surface area contributed by atoms with Crippen LogP contribution in [-0.2, 0) is 9.53 Å². The predicted octanol–water partition coefficient (Wildman–Crippen LogP) is 4.26. The first-order chi connectivity index (χ1) is 16.0. The van der Waals surface area contributed by atoms with Crippen molar-refractivity contribution in [3.8, 4) is 11.5 Å². The topological polar surface area (TPSA) is 78.0 Å². The zero-order valence-corrected chi connectivity index (χ0v) is 19.2. The van der Waals surface area contributed by atoms with Crippen molar-refractivity contribution < 1.29 is 23.8 Å². The summed E-state index contributed by atoms with van der Waals surface area (Å²) in [6.45, 7) is 3.49. The predicted molar refractivity (Wildman–Crippen MR) is 126 cm³/mol. The summed E-state index contributed by atoms with van der Waals surface area (Å²) >= 11 is 0. The molecule has 172 valence electrons. The number of fused-ring (bicyclic) bond motifs is 1. The lowest BCUT2D eigenvalue weighted by molar-refractivity contribution is -0.148. The average molecular weight is 449 g/mol. The van der Waals surface area contributed by atoms with Gasteiger partial charge in [-0.15, -0.1) is 0 Å². The third-order valence-corrected chi connectivity index (χ3v) is 6.07. The molecule has 0 spiro atoms. The molecule has 0 saturated carbocycles. The molecule has 1 aliphatic rings. The van der Waals surface area contributed by atoms with Crippen molar-refractivity contribution in [3.63, 3.8) is 0 Å². The van der Waals surface area contributed by atoms with Gasteiger partial charge in [0.2, 0.25) is 0 Å². The van der Waals surface area contributed by atoms with Gasteiger partial charge in [-0.05, 0) is 62.2 Å². The van der Waals surface area contributed by atoms with Crippen molar-refractivity contribution in [1.82, 2.24) is 4.98 Å². The van der Waals surface area contributed by atoms with Crippen LogP contribution in [0.5, 0.6) is 11.5 Å². The molecule has 4 rings (SSSR count). The van der Waals surface area contributed by atoms with E-state index < -0.39 is 0 Å². The Labute approximate surface area is 193 Å². The Morgan fingerprint density at radius 3 is 2.30 bits per heavy atom. The number of hydrogen-bond acceptors (Lipinski definition) is 7. The highest BCUT2D eigenvalue weighted by molar-refractivity contribution is 6.16. The third-order valence-electron chi connectivity index (χ3n) is 6.07. The summed E-state index contributed by atoms with van der Waals surface area (Å²) in [6.07, 6.45) is 2.99. The van der Waals surface area contributed by atoms with Crippen LogP contribution in [0.2, 0.25) is 0 Å². The molecule has 0 bridgehead atoms. The summed E-state index contributed by atoms with van der Waals surface area (Å²) in [7, 11) is 3.21. The average Bonchev–Trinajstić information content (AvgIpc) is 2.87. The molecule has 0 aliphatic carbocycles. The second kappa shape index (κ2) is 9.90. The van der Waals surface area contributed by atoms with Crippen molar-refractivity contribution in [2.45, 2.75) is 19.8 Å². The van der Waals surface area contributed by atoms with Gasteiger partial charge < -0.3 is 19.1 Å². The van der Waals surface area contributed by atoms with Crippen LogP contribution in [0.3, 0.4) is 0 Å². The van der Waals surface area contributed by atoms with Gasteiger partial charge in [-0.3, -0.25) is 14.6 Å². The molecule has 0 amide bonds. The number of carbonyl (C=O) groups is 2. The van der Waals surface area contributed by atoms with E-state index in [9.17, 15) is 9.59 Å². The van der Waals surface area contributed by atoms with E-state index in [2.05, 4.69) is 9.88 Å². The lowest BCUT2D eigenvalue weighted by Gasteiger charge is -2.34. The number of ether oxygens (including phenoxy) is 3. The smallest absolute Gasteiger partial charge is 0.309 e. The van der Waals surface area contributed by atoms with Crippen LogP contribution in [-0.4, -0.2) is 50.7 Å². The standard InChI is InChI=1S/C26H28N2O5/c1-4-33-26(30)18-11-13-28(14-12-18)24-21-15-20(32-3)9-10-23(21)27-16-22(24)25(29)17-5-7-19(31-2)8-6-17/h5-10,15-16,18H,4,11-14H2,1-3H3. The molecule has 2 heterocycles. The number of anilines is 1. The van der Waals surface area contributed by atoms with Gasteiger partial charge in [0.05, 0.1) is 43.5 Å². The van der Waals surface area contributed by atoms with E-state index in [-0.39, 0.29) is 17.7 Å². The van der Waals surface area contributed by atoms with E-state index in [1.165, 1.54) is 0 Å². The maximum Gasteiger partial charge on any atom is 0.309 e. The third kappa shape index (κ3) is 4.62. The molecule has 33 heavy (non-hydrogen) atoms. The van der Waals surface area contributed by atoms with Gasteiger partial charge in [0.15, 0.2) is 5.78 Å². The Balaban J connectivity index is 1.75. The number of esters is 1. The van der Waals surface area contributed by atoms with Crippen molar-refractivity contribution in [2.24, 2.45) is 5.92 Å². The molecule has 0 radical (unpaired) electrons. The second-order valence-corrected chi connectivity index (χ2v) is 7.97. The van der Waals surface area contributed by atoms with Crippen LogP contribution in [0, 0.1) is 5.92 Å². The van der Waals surface area contributed by atoms with Gasteiger partial charge in [0.1, 0.15) is 11.5 Å². The minimum atomic E-state index is -0.145. The number of methoxy groups -OCH3 is 2. The highest BCUT2D eigenvalue weighted by atomic mass is 16.5. The molecule has 7 nitrogen and oxygen atoms in total. The van der Waals surface area contributed by atoms with Crippen LogP contribution in [0.4, 0.5) is 5.69 Å². The Hall–Kier alpha value is -3.61. The fraction of sp³-hybridized carbons (Fsp3) is 0.346. The Bertz CT molecular complexity index is 1150. The summed E-state index contributed by atoms with van der Waals surface area (Å²) in [5, 5.41) is 0.850. The number of ketones is 1. The van der Waals surface area contributed by atoms with E-state index >= 15 is 0 Å². The van der Waals surface area contributed by atoms with Crippen LogP contribution < -0.4 is 14.4 Å². The maximum atomic E-state index is 13.6. The highest BCUT2D eigenvalue weighted by Gasteiger charge is 2.29. The Morgan fingerprint density at radius 2 is 1.67 bits per heavy atom. The SMILES string of the molecule is CCOC(=O)C1CCN(c2c(C(=O)c3ccc(OC)cc3)cnc3ccc(OC)cc23)CC1. The zero-order chi connectivity index (χ0) is 23.4. The first-order valence-corrected chi connectivity index (χ1v) is 11.1. The van der Waals surface area contributed by atoms with E-state index in [0.717, 1.165) is 16.6 Å². The largest absolute Gasteiger partial charge is 0.497 e. The fourth-order valence-electron chi connectivity index (χ4n) is 4.29. The summed E-state index contributed by atoms with van der Waals surface area (Å²) < 4.78 is 15.9. The molecule has 0 unspecified atom stereocenters. The summed E-state index contributed by atoms with van der Waals surface area (Å²) in [5.74, 6) is 1.00. The van der Waals surface area contributed by atoms with Gasteiger partial charge in [0.25, 0.3) is 0 Å².